The third kappa shape index (κ3) is 10.4. The van der Waals surface area contributed by atoms with Gasteiger partial charge in [0.05, 0.1) is 6.04 Å². The predicted octanol–water partition coefficient (Wildman–Crippen LogP) is 19.7. The van der Waals surface area contributed by atoms with Crippen molar-refractivity contribution < 1.29 is 0 Å². The average Bonchev–Trinajstić information content (AvgIpc) is 3.51. The molecule has 0 N–H and O–H groups in total. The van der Waals surface area contributed by atoms with E-state index in [1.165, 1.54) is 61.9 Å². The molecular weight excluding hydrogens is 921 g/mol. The molecule has 3 aliphatic carbocycles. The van der Waals surface area contributed by atoms with Gasteiger partial charge in [-0.3, -0.25) is 0 Å². The lowest BCUT2D eigenvalue weighted by Gasteiger charge is -2.32. The highest BCUT2D eigenvalue weighted by Gasteiger charge is 2.23. The lowest BCUT2D eigenvalue weighted by Crippen LogP contribution is -2.29. The van der Waals surface area contributed by atoms with Crippen molar-refractivity contribution in [3.8, 4) is 22.3 Å². The third-order valence-corrected chi connectivity index (χ3v) is 14.8. The Hall–Kier alpha value is -9.38. The van der Waals surface area contributed by atoms with Gasteiger partial charge in [-0.2, -0.15) is 0 Å². The van der Waals surface area contributed by atoms with Crippen LogP contribution in [0.3, 0.4) is 0 Å². The zero-order valence-corrected chi connectivity index (χ0v) is 42.7. The van der Waals surface area contributed by atoms with Gasteiger partial charge >= 0.3 is 0 Å². The summed E-state index contributed by atoms with van der Waals surface area (Å²) in [6, 6.07) is 89.8. The number of rotatable bonds is 15. The van der Waals surface area contributed by atoms with Crippen LogP contribution in [0.15, 0.2) is 320 Å². The second-order valence-corrected chi connectivity index (χ2v) is 19.6. The van der Waals surface area contributed by atoms with Crippen molar-refractivity contribution in [1.82, 2.24) is 0 Å². The first-order valence-corrected chi connectivity index (χ1v) is 26.7. The average molecular weight is 981 g/mol. The highest BCUT2D eigenvalue weighted by atomic mass is 15.2. The zero-order valence-electron chi connectivity index (χ0n) is 42.7. The maximum Gasteiger partial charge on any atom is 0.0559 e. The Labute approximate surface area is 448 Å². The predicted molar refractivity (Wildman–Crippen MR) is 322 cm³/mol. The molecule has 0 amide bonds. The van der Waals surface area contributed by atoms with E-state index in [9.17, 15) is 0 Å². The summed E-state index contributed by atoms with van der Waals surface area (Å²) in [6.07, 6.45) is 23.1. The number of anilines is 9. The van der Waals surface area contributed by atoms with Gasteiger partial charge in [0.15, 0.2) is 0 Å². The van der Waals surface area contributed by atoms with Crippen LogP contribution in [-0.4, -0.2) is 6.04 Å². The summed E-state index contributed by atoms with van der Waals surface area (Å²) in [6.45, 7) is 0. The van der Waals surface area contributed by atoms with Crippen LogP contribution in [0.25, 0.3) is 22.3 Å². The maximum atomic E-state index is 2.44. The molecule has 0 saturated carbocycles. The molecule has 76 heavy (non-hydrogen) atoms. The van der Waals surface area contributed by atoms with Gasteiger partial charge in [-0.1, -0.05) is 176 Å². The van der Waals surface area contributed by atoms with Crippen molar-refractivity contribution in [3.63, 3.8) is 0 Å². The molecule has 4 heteroatoms. The molecular formula is C72H60N4. The quantitative estimate of drug-likeness (QED) is 0.101. The topological polar surface area (TPSA) is 13.0 Å². The van der Waals surface area contributed by atoms with Crippen LogP contribution in [0.1, 0.15) is 32.1 Å². The second kappa shape index (κ2) is 22.4. The van der Waals surface area contributed by atoms with Crippen LogP contribution in [-0.2, 0) is 0 Å². The van der Waals surface area contributed by atoms with Crippen LogP contribution in [0.4, 0.5) is 51.2 Å². The Morgan fingerprint density at radius 1 is 0.263 bits per heavy atom. The highest BCUT2D eigenvalue weighted by Crippen LogP contribution is 2.42. The van der Waals surface area contributed by atoms with Crippen LogP contribution >= 0.6 is 0 Å². The number of nitrogens with zero attached hydrogens (tertiary/aromatic N) is 4. The van der Waals surface area contributed by atoms with Crippen molar-refractivity contribution in [2.45, 2.75) is 38.1 Å². The Morgan fingerprint density at radius 2 is 0.566 bits per heavy atom. The molecule has 9 aromatic rings. The van der Waals surface area contributed by atoms with Gasteiger partial charge in [0, 0.05) is 62.6 Å². The Bertz CT molecular complexity index is 3520. The van der Waals surface area contributed by atoms with E-state index >= 15 is 0 Å². The summed E-state index contributed by atoms with van der Waals surface area (Å²) in [7, 11) is 0. The first kappa shape index (κ1) is 47.6. The normalized spacial score (nSPS) is 14.9. The monoisotopic (exact) mass is 980 g/mol. The summed E-state index contributed by atoms with van der Waals surface area (Å²) >= 11 is 0. The Morgan fingerprint density at radius 3 is 0.895 bits per heavy atom. The lowest BCUT2D eigenvalue weighted by molar-refractivity contribution is 0.785. The summed E-state index contributed by atoms with van der Waals surface area (Å²) in [5.74, 6) is 0. The molecule has 0 aliphatic heterocycles. The first-order valence-electron chi connectivity index (χ1n) is 26.7. The molecule has 1 unspecified atom stereocenters. The molecule has 0 fully saturated rings. The van der Waals surface area contributed by atoms with E-state index in [1.54, 1.807) is 0 Å². The van der Waals surface area contributed by atoms with Crippen LogP contribution in [0.5, 0.6) is 0 Å². The minimum atomic E-state index is 0.271. The van der Waals surface area contributed by atoms with Gasteiger partial charge in [-0.05, 0) is 187 Å². The summed E-state index contributed by atoms with van der Waals surface area (Å²) in [5.41, 5.74) is 20.6. The van der Waals surface area contributed by atoms with Gasteiger partial charge in [0.2, 0.25) is 0 Å². The van der Waals surface area contributed by atoms with Gasteiger partial charge in [-0.25, -0.2) is 0 Å². The van der Waals surface area contributed by atoms with E-state index in [-0.39, 0.29) is 6.04 Å². The minimum Gasteiger partial charge on any atom is -0.334 e. The van der Waals surface area contributed by atoms with E-state index in [2.05, 4.69) is 317 Å². The van der Waals surface area contributed by atoms with Gasteiger partial charge < -0.3 is 19.6 Å². The van der Waals surface area contributed by atoms with E-state index in [0.29, 0.717) is 0 Å². The number of allylic oxidation sites excluding steroid dienone is 10. The SMILES string of the molecule is C1=CCC(N(c2ccccc2)c2ccc(-c3ccc(N(C4=CC=C(C5=CC=C(N(c6ccccc6)c6ccc(-c7ccc(N(c8ccccc8)c8ccccc8)cc7)cc6)CC5)CC4)c4ccccc4)cc3)cc2)C=C1. The second-order valence-electron chi connectivity index (χ2n) is 19.6. The van der Waals surface area contributed by atoms with E-state index < -0.39 is 0 Å². The van der Waals surface area contributed by atoms with Crippen molar-refractivity contribution in [2.75, 3.05) is 19.6 Å². The highest BCUT2D eigenvalue weighted by molar-refractivity contribution is 5.80. The number of para-hydroxylation sites is 5. The standard InChI is InChI=1S/C72H60N4/c1-7-19-61(20-8-1)73(62-21-9-2-10-22-62)67-43-31-55(32-44-67)57-35-47-69(48-36-57)75(65-27-15-5-16-28-65)71-51-39-59(40-52-71)60-41-53-72(54-42-60)76(66-29-17-6-18-30-66)70-49-37-58(38-50-70)56-33-45-68(46-34-56)74(63-23-11-3-12-24-63)64-25-13-4-14-26-64/h1-25,27-39,41,43-51,53,64H,26,40,42,52,54H2. The minimum absolute atomic E-state index is 0.271. The Balaban J connectivity index is 0.765. The Kier molecular flexibility index (Phi) is 14.0. The molecule has 0 bridgehead atoms. The fraction of sp³-hybridized carbons (Fsp3) is 0.0833. The molecule has 4 nitrogen and oxygen atoms in total. The molecule has 0 saturated heterocycles. The summed E-state index contributed by atoms with van der Waals surface area (Å²) in [4.78, 5) is 9.60. The number of hydrogen-bond donors (Lipinski definition) is 0. The number of benzene rings is 9. The molecule has 0 aromatic heterocycles. The fourth-order valence-corrected chi connectivity index (χ4v) is 11.0. The van der Waals surface area contributed by atoms with Crippen LogP contribution in [0.2, 0.25) is 0 Å². The zero-order chi connectivity index (χ0) is 50.9. The number of hydrogen-bond acceptors (Lipinski definition) is 4. The molecule has 9 aromatic carbocycles. The van der Waals surface area contributed by atoms with Crippen molar-refractivity contribution in [1.29, 1.82) is 0 Å². The van der Waals surface area contributed by atoms with E-state index in [1.807, 2.05) is 0 Å². The molecule has 3 aliphatic rings. The first-order chi connectivity index (χ1) is 37.7. The maximum absolute atomic E-state index is 2.44. The molecule has 1 atom stereocenters. The smallest absolute Gasteiger partial charge is 0.0559 e. The van der Waals surface area contributed by atoms with Crippen LogP contribution < -0.4 is 19.6 Å². The van der Waals surface area contributed by atoms with E-state index in [4.69, 9.17) is 0 Å². The van der Waals surface area contributed by atoms with Gasteiger partial charge in [0.25, 0.3) is 0 Å². The van der Waals surface area contributed by atoms with Crippen molar-refractivity contribution >= 4 is 51.2 Å². The lowest BCUT2D eigenvalue weighted by atomic mass is 9.89. The third-order valence-electron chi connectivity index (χ3n) is 14.8. The molecule has 0 radical (unpaired) electrons. The molecule has 368 valence electrons. The van der Waals surface area contributed by atoms with Crippen molar-refractivity contribution in [2.24, 2.45) is 0 Å². The van der Waals surface area contributed by atoms with Crippen molar-refractivity contribution in [3.05, 3.63) is 320 Å². The van der Waals surface area contributed by atoms with E-state index in [0.717, 1.165) is 66.2 Å². The summed E-state index contributed by atoms with van der Waals surface area (Å²) < 4.78 is 0. The summed E-state index contributed by atoms with van der Waals surface area (Å²) in [5, 5.41) is 0. The van der Waals surface area contributed by atoms with Gasteiger partial charge in [-0.15, -0.1) is 0 Å². The largest absolute Gasteiger partial charge is 0.334 e. The molecule has 0 spiro atoms. The molecule has 0 heterocycles. The van der Waals surface area contributed by atoms with Gasteiger partial charge in [0.1, 0.15) is 0 Å². The molecule has 12 rings (SSSR count). The fourth-order valence-electron chi connectivity index (χ4n) is 11.0. The van der Waals surface area contributed by atoms with Crippen LogP contribution in [0, 0.1) is 0 Å².